The SMILES string of the molecule is COC(=O)CC[C@H](NC(=O)N[C@@H](CCCCNC(=O)Nc1ccc(I)cc1)C(=O)OC)C(=O)OC. The Morgan fingerprint density at radius 2 is 1.37 bits per heavy atom. The molecule has 1 aromatic carbocycles. The number of unbranched alkanes of at least 4 members (excludes halogenated alkanes) is 1. The summed E-state index contributed by atoms with van der Waals surface area (Å²) in [7, 11) is 3.56. The van der Waals surface area contributed by atoms with Gasteiger partial charge in [0.05, 0.1) is 21.3 Å². The molecule has 0 aromatic heterocycles. The molecule has 4 amide bonds. The highest BCUT2D eigenvalue weighted by Crippen LogP contribution is 2.11. The fourth-order valence-electron chi connectivity index (χ4n) is 2.89. The van der Waals surface area contributed by atoms with E-state index in [1.54, 1.807) is 12.1 Å². The van der Waals surface area contributed by atoms with Crippen LogP contribution in [0.3, 0.4) is 0 Å². The normalized spacial score (nSPS) is 11.9. The molecule has 0 saturated carbocycles. The molecule has 0 aliphatic rings. The average molecular weight is 606 g/mol. The molecule has 12 nitrogen and oxygen atoms in total. The number of methoxy groups -OCH3 is 3. The summed E-state index contributed by atoms with van der Waals surface area (Å²) in [5.74, 6) is -1.95. The van der Waals surface area contributed by atoms with Crippen molar-refractivity contribution in [1.29, 1.82) is 0 Å². The summed E-state index contributed by atoms with van der Waals surface area (Å²) in [6.45, 7) is 0.355. The van der Waals surface area contributed by atoms with E-state index in [1.165, 1.54) is 14.2 Å². The van der Waals surface area contributed by atoms with Crippen molar-refractivity contribution in [2.75, 3.05) is 33.2 Å². The van der Waals surface area contributed by atoms with Crippen molar-refractivity contribution < 1.29 is 38.2 Å². The first-order valence-corrected chi connectivity index (χ1v) is 11.9. The predicted octanol–water partition coefficient (Wildman–Crippen LogP) is 1.92. The van der Waals surface area contributed by atoms with E-state index in [1.807, 2.05) is 12.1 Å². The number of carbonyl (C=O) groups excluding carboxylic acids is 5. The lowest BCUT2D eigenvalue weighted by Gasteiger charge is -2.20. The highest BCUT2D eigenvalue weighted by atomic mass is 127. The molecule has 0 bridgehead atoms. The van der Waals surface area contributed by atoms with Crippen molar-refractivity contribution in [1.82, 2.24) is 16.0 Å². The molecule has 0 aliphatic heterocycles. The van der Waals surface area contributed by atoms with E-state index >= 15 is 0 Å². The third-order valence-corrected chi connectivity index (χ3v) is 5.47. The summed E-state index contributed by atoms with van der Waals surface area (Å²) in [6.07, 6.45) is 1.13. The standard InChI is InChI=1S/C22H31IN4O8/c1-33-18(28)12-11-17(20(30)35-3)27-22(32)26-16(19(29)34-2)6-4-5-13-24-21(31)25-15-9-7-14(23)8-10-15/h7-10,16-17H,4-6,11-13H2,1-3H3,(H2,24,25,31)(H2,26,27,32)/t16-,17-/m0/s1. The van der Waals surface area contributed by atoms with Crippen LogP contribution in [0.4, 0.5) is 15.3 Å². The van der Waals surface area contributed by atoms with Crippen LogP contribution in [0.15, 0.2) is 24.3 Å². The summed E-state index contributed by atoms with van der Waals surface area (Å²) in [5.41, 5.74) is 0.667. The minimum absolute atomic E-state index is 0.0361. The Labute approximate surface area is 217 Å². The van der Waals surface area contributed by atoms with Gasteiger partial charge in [0.1, 0.15) is 12.1 Å². The molecule has 194 valence electrons. The molecule has 1 aromatic rings. The van der Waals surface area contributed by atoms with E-state index < -0.39 is 36.0 Å². The van der Waals surface area contributed by atoms with Gasteiger partial charge >= 0.3 is 30.0 Å². The Bertz CT molecular complexity index is 866. The van der Waals surface area contributed by atoms with Crippen molar-refractivity contribution >= 4 is 58.2 Å². The zero-order valence-corrected chi connectivity index (χ0v) is 22.0. The number of esters is 3. The Morgan fingerprint density at radius 3 is 1.91 bits per heavy atom. The van der Waals surface area contributed by atoms with E-state index in [0.29, 0.717) is 25.1 Å². The quantitative estimate of drug-likeness (QED) is 0.115. The van der Waals surface area contributed by atoms with E-state index in [2.05, 4.69) is 53.3 Å². The zero-order valence-electron chi connectivity index (χ0n) is 19.9. The first kappa shape index (κ1) is 29.9. The van der Waals surface area contributed by atoms with Gasteiger partial charge in [-0.25, -0.2) is 19.2 Å². The second kappa shape index (κ2) is 16.5. The topological polar surface area (TPSA) is 161 Å². The number of hydrogen-bond acceptors (Lipinski definition) is 8. The van der Waals surface area contributed by atoms with Crippen LogP contribution >= 0.6 is 22.6 Å². The lowest BCUT2D eigenvalue weighted by atomic mass is 10.1. The molecule has 0 radical (unpaired) electrons. The van der Waals surface area contributed by atoms with Gasteiger partial charge in [-0.1, -0.05) is 0 Å². The van der Waals surface area contributed by atoms with Gasteiger partial charge in [0.2, 0.25) is 0 Å². The average Bonchev–Trinajstić information content (AvgIpc) is 2.85. The molecular formula is C22H31IN4O8. The summed E-state index contributed by atoms with van der Waals surface area (Å²) in [6, 6.07) is 4.10. The van der Waals surface area contributed by atoms with Crippen LogP contribution in [0.2, 0.25) is 0 Å². The Kier molecular flexibility index (Phi) is 14.1. The number of nitrogens with one attached hydrogen (secondary N) is 4. The molecule has 4 N–H and O–H groups in total. The van der Waals surface area contributed by atoms with Gasteiger partial charge in [-0.2, -0.15) is 0 Å². The fourth-order valence-corrected chi connectivity index (χ4v) is 3.25. The molecule has 0 aliphatic carbocycles. The first-order valence-electron chi connectivity index (χ1n) is 10.8. The largest absolute Gasteiger partial charge is 0.469 e. The van der Waals surface area contributed by atoms with Crippen LogP contribution in [0.5, 0.6) is 0 Å². The minimum Gasteiger partial charge on any atom is -0.469 e. The Morgan fingerprint density at radius 1 is 0.800 bits per heavy atom. The van der Waals surface area contributed by atoms with Crippen LogP contribution in [0, 0.1) is 3.57 Å². The van der Waals surface area contributed by atoms with Crippen molar-refractivity contribution in [3.05, 3.63) is 27.8 Å². The van der Waals surface area contributed by atoms with E-state index in [-0.39, 0.29) is 25.3 Å². The third kappa shape index (κ3) is 12.2. The highest BCUT2D eigenvalue weighted by molar-refractivity contribution is 14.1. The van der Waals surface area contributed by atoms with E-state index in [0.717, 1.165) is 10.7 Å². The number of ether oxygens (including phenoxy) is 3. The van der Waals surface area contributed by atoms with Crippen molar-refractivity contribution in [2.24, 2.45) is 0 Å². The lowest BCUT2D eigenvalue weighted by Crippen LogP contribution is -2.51. The molecule has 13 heteroatoms. The number of rotatable bonds is 13. The smallest absolute Gasteiger partial charge is 0.328 e. The Hall–Kier alpha value is -3.10. The summed E-state index contributed by atoms with van der Waals surface area (Å²) in [4.78, 5) is 59.7. The number of anilines is 1. The maximum Gasteiger partial charge on any atom is 0.328 e. The summed E-state index contributed by atoms with van der Waals surface area (Å²) >= 11 is 2.17. The van der Waals surface area contributed by atoms with Gasteiger partial charge in [-0.3, -0.25) is 4.79 Å². The monoisotopic (exact) mass is 606 g/mol. The Balaban J connectivity index is 2.48. The number of amides is 4. The van der Waals surface area contributed by atoms with Crippen LogP contribution in [0.1, 0.15) is 32.1 Å². The van der Waals surface area contributed by atoms with Crippen molar-refractivity contribution in [3.63, 3.8) is 0 Å². The molecule has 0 fully saturated rings. The molecule has 0 unspecified atom stereocenters. The van der Waals surface area contributed by atoms with Crippen LogP contribution in [-0.4, -0.2) is 69.9 Å². The van der Waals surface area contributed by atoms with Crippen LogP contribution < -0.4 is 21.3 Å². The number of hydrogen-bond donors (Lipinski definition) is 4. The summed E-state index contributed by atoms with van der Waals surface area (Å²) < 4.78 is 15.0. The maximum atomic E-state index is 12.4. The van der Waals surface area contributed by atoms with Crippen molar-refractivity contribution in [3.8, 4) is 0 Å². The number of halogens is 1. The minimum atomic E-state index is -1.10. The zero-order chi connectivity index (χ0) is 26.2. The van der Waals surface area contributed by atoms with Gasteiger partial charge in [0, 0.05) is 22.2 Å². The van der Waals surface area contributed by atoms with Gasteiger partial charge < -0.3 is 35.5 Å². The molecule has 0 saturated heterocycles. The van der Waals surface area contributed by atoms with Crippen LogP contribution in [0.25, 0.3) is 0 Å². The molecular weight excluding hydrogens is 575 g/mol. The molecule has 0 spiro atoms. The molecule has 35 heavy (non-hydrogen) atoms. The van der Waals surface area contributed by atoms with Crippen LogP contribution in [-0.2, 0) is 28.6 Å². The first-order chi connectivity index (χ1) is 16.7. The van der Waals surface area contributed by atoms with E-state index in [9.17, 15) is 24.0 Å². The lowest BCUT2D eigenvalue weighted by molar-refractivity contribution is -0.144. The molecule has 1 rings (SSSR count). The van der Waals surface area contributed by atoms with E-state index in [4.69, 9.17) is 4.74 Å². The predicted molar refractivity (Wildman–Crippen MR) is 135 cm³/mol. The highest BCUT2D eigenvalue weighted by Gasteiger charge is 2.26. The number of urea groups is 2. The molecule has 0 heterocycles. The second-order valence-electron chi connectivity index (χ2n) is 7.27. The number of benzene rings is 1. The van der Waals surface area contributed by atoms with Gasteiger partial charge in [-0.05, 0) is 72.5 Å². The second-order valence-corrected chi connectivity index (χ2v) is 8.51. The van der Waals surface area contributed by atoms with Gasteiger partial charge in [0.25, 0.3) is 0 Å². The third-order valence-electron chi connectivity index (χ3n) is 4.75. The van der Waals surface area contributed by atoms with Gasteiger partial charge in [-0.15, -0.1) is 0 Å². The fraction of sp³-hybridized carbons (Fsp3) is 0.500. The summed E-state index contributed by atoms with van der Waals surface area (Å²) in [5, 5.41) is 10.3. The number of carbonyl (C=O) groups is 5. The van der Waals surface area contributed by atoms with Crippen molar-refractivity contribution in [2.45, 2.75) is 44.2 Å². The molecule has 2 atom stereocenters. The maximum absolute atomic E-state index is 12.4. The van der Waals surface area contributed by atoms with Gasteiger partial charge in [0.15, 0.2) is 0 Å².